The molecule has 0 unspecified atom stereocenters. The Hall–Kier alpha value is -2.89. The van der Waals surface area contributed by atoms with E-state index in [1.165, 1.54) is 10.4 Å². The molecule has 0 fully saturated rings. The van der Waals surface area contributed by atoms with Crippen molar-refractivity contribution in [2.24, 2.45) is 0 Å². The van der Waals surface area contributed by atoms with Gasteiger partial charge in [-0.25, -0.2) is 0 Å². The van der Waals surface area contributed by atoms with Crippen LogP contribution in [0.25, 0.3) is 6.08 Å². The van der Waals surface area contributed by atoms with Gasteiger partial charge in [-0.15, -0.1) is 11.3 Å². The number of benzene rings is 2. The van der Waals surface area contributed by atoms with E-state index in [0.29, 0.717) is 30.3 Å². The summed E-state index contributed by atoms with van der Waals surface area (Å²) in [4.78, 5) is 16.5. The van der Waals surface area contributed by atoms with Crippen LogP contribution in [-0.4, -0.2) is 17.4 Å². The normalized spacial score (nSPS) is 17.3. The van der Waals surface area contributed by atoms with Crippen LogP contribution in [0.15, 0.2) is 59.7 Å². The van der Waals surface area contributed by atoms with E-state index in [4.69, 9.17) is 9.47 Å². The fourth-order valence-corrected chi connectivity index (χ4v) is 4.71. The van der Waals surface area contributed by atoms with Crippen molar-refractivity contribution in [2.75, 3.05) is 6.73 Å². The summed E-state index contributed by atoms with van der Waals surface area (Å²) in [7, 11) is 0. The van der Waals surface area contributed by atoms with E-state index in [1.807, 2.05) is 30.3 Å². The van der Waals surface area contributed by atoms with Crippen molar-refractivity contribution in [3.8, 4) is 11.5 Å². The molecule has 0 spiro atoms. The molecule has 0 bridgehead atoms. The summed E-state index contributed by atoms with van der Waals surface area (Å²) < 4.78 is 12.1. The Kier molecular flexibility index (Phi) is 4.95. The van der Waals surface area contributed by atoms with Crippen LogP contribution in [0.2, 0.25) is 0 Å². The van der Waals surface area contributed by atoms with Gasteiger partial charge in [-0.2, -0.15) is 0 Å². The lowest BCUT2D eigenvalue weighted by molar-refractivity contribution is 0.0882. The molecule has 2 aromatic carbocycles. The van der Waals surface area contributed by atoms with Gasteiger partial charge in [0, 0.05) is 18.0 Å². The first kappa shape index (κ1) is 20.0. The monoisotopic (exact) mass is 431 g/mol. The number of thiophene rings is 1. The summed E-state index contributed by atoms with van der Waals surface area (Å²) in [5, 5.41) is 2.08. The molecule has 1 aromatic heterocycles. The molecular weight excluding hydrogens is 406 g/mol. The maximum absolute atomic E-state index is 13.0. The number of carbonyl (C=O) groups is 1. The van der Waals surface area contributed by atoms with Crippen LogP contribution in [0.3, 0.4) is 0 Å². The Morgan fingerprint density at radius 2 is 1.90 bits per heavy atom. The number of ether oxygens (including phenoxy) is 2. The minimum absolute atomic E-state index is 0.0759. The number of rotatable bonds is 3. The summed E-state index contributed by atoms with van der Waals surface area (Å²) in [6, 6.07) is 16.2. The molecule has 0 N–H and O–H groups in total. The molecule has 2 aliphatic heterocycles. The third kappa shape index (κ3) is 3.91. The smallest absolute Gasteiger partial charge is 0.231 e. The molecule has 0 saturated heterocycles. The Bertz CT molecular complexity index is 1150. The molecule has 31 heavy (non-hydrogen) atoms. The highest BCUT2D eigenvalue weighted by atomic mass is 32.1. The van der Waals surface area contributed by atoms with Crippen LogP contribution in [0.1, 0.15) is 52.7 Å². The quantitative estimate of drug-likeness (QED) is 0.476. The van der Waals surface area contributed by atoms with Crippen molar-refractivity contribution < 1.29 is 14.3 Å². The molecule has 3 heterocycles. The van der Waals surface area contributed by atoms with E-state index in [2.05, 4.69) is 55.3 Å². The predicted molar refractivity (Wildman–Crippen MR) is 124 cm³/mol. The van der Waals surface area contributed by atoms with Gasteiger partial charge >= 0.3 is 0 Å². The Morgan fingerprint density at radius 1 is 1.10 bits per heavy atom. The van der Waals surface area contributed by atoms with Gasteiger partial charge in [-0.3, -0.25) is 9.69 Å². The number of allylic oxidation sites excluding steroid dienone is 1. The van der Waals surface area contributed by atoms with E-state index in [9.17, 15) is 4.79 Å². The number of Topliss-reactive ketones (excluding diaryl/α,β-unsaturated/α-hetero) is 1. The maximum atomic E-state index is 13.0. The first-order valence-corrected chi connectivity index (χ1v) is 11.3. The number of nitrogens with zero attached hydrogens (tertiary/aromatic N) is 1. The molecule has 4 nitrogen and oxygen atoms in total. The van der Waals surface area contributed by atoms with Crippen molar-refractivity contribution in [3.05, 3.63) is 86.8 Å². The van der Waals surface area contributed by atoms with Gasteiger partial charge in [-0.1, -0.05) is 51.1 Å². The lowest BCUT2D eigenvalue weighted by Crippen LogP contribution is -2.31. The second kappa shape index (κ2) is 7.66. The van der Waals surface area contributed by atoms with Gasteiger partial charge in [0.05, 0.1) is 11.1 Å². The Labute approximate surface area is 186 Å². The lowest BCUT2D eigenvalue weighted by Gasteiger charge is -2.29. The zero-order valence-electron chi connectivity index (χ0n) is 18.0. The summed E-state index contributed by atoms with van der Waals surface area (Å²) in [6.07, 6.45) is 1.83. The highest BCUT2D eigenvalue weighted by molar-refractivity contribution is 7.09. The molecule has 2 aliphatic rings. The fraction of sp³-hybridized carbons (Fsp3) is 0.269. The number of hydrogen-bond donors (Lipinski definition) is 0. The van der Waals surface area contributed by atoms with Crippen LogP contribution >= 0.6 is 11.3 Å². The van der Waals surface area contributed by atoms with Crippen LogP contribution in [0.4, 0.5) is 0 Å². The molecule has 3 aromatic rings. The topological polar surface area (TPSA) is 38.8 Å². The van der Waals surface area contributed by atoms with E-state index in [0.717, 1.165) is 23.4 Å². The van der Waals surface area contributed by atoms with E-state index >= 15 is 0 Å². The molecule has 5 heteroatoms. The molecule has 0 atom stereocenters. The number of carbonyl (C=O) groups excluding carboxylic acids is 1. The zero-order valence-corrected chi connectivity index (χ0v) is 18.8. The van der Waals surface area contributed by atoms with Gasteiger partial charge in [0.1, 0.15) is 18.2 Å². The summed E-state index contributed by atoms with van der Waals surface area (Å²) >= 11 is 1.74. The molecular formula is C26H25NO3S. The van der Waals surface area contributed by atoms with Gasteiger partial charge in [0.2, 0.25) is 5.78 Å². The minimum Gasteiger partial charge on any atom is -0.478 e. The maximum Gasteiger partial charge on any atom is 0.231 e. The average Bonchev–Trinajstić information content (AvgIpc) is 3.36. The van der Waals surface area contributed by atoms with E-state index in [-0.39, 0.29) is 11.2 Å². The highest BCUT2D eigenvalue weighted by Crippen LogP contribution is 2.42. The average molecular weight is 432 g/mol. The fourth-order valence-electron chi connectivity index (χ4n) is 3.96. The van der Waals surface area contributed by atoms with Gasteiger partial charge in [-0.05, 0) is 46.2 Å². The number of fused-ring (bicyclic) bond motifs is 3. The van der Waals surface area contributed by atoms with Crippen molar-refractivity contribution in [1.29, 1.82) is 0 Å². The minimum atomic E-state index is -0.0759. The third-order valence-electron chi connectivity index (χ3n) is 5.72. The van der Waals surface area contributed by atoms with Crippen LogP contribution in [0, 0.1) is 0 Å². The zero-order chi connectivity index (χ0) is 21.6. The van der Waals surface area contributed by atoms with Crippen LogP contribution in [0.5, 0.6) is 11.5 Å². The van der Waals surface area contributed by atoms with E-state index < -0.39 is 0 Å². The standard InChI is InChI=1S/C26H25NO3S/c1-26(2,3)18-8-6-17(7-9-18)13-23-24(28)20-10-11-22-21(25(20)30-23)15-27(16-29-22)14-19-5-4-12-31-19/h4-13H,14-16H2,1-3H3/b23-13-. The van der Waals surface area contributed by atoms with Crippen molar-refractivity contribution in [1.82, 2.24) is 4.90 Å². The SMILES string of the molecule is CC(C)(C)c1ccc(/C=C2\Oc3c(ccc4c3CN(Cc3cccs3)CO4)C2=O)cc1. The molecule has 0 aliphatic carbocycles. The number of hydrogen-bond acceptors (Lipinski definition) is 5. The van der Waals surface area contributed by atoms with E-state index in [1.54, 1.807) is 11.3 Å². The molecule has 0 saturated carbocycles. The molecule has 158 valence electrons. The first-order valence-electron chi connectivity index (χ1n) is 10.5. The van der Waals surface area contributed by atoms with Crippen molar-refractivity contribution in [2.45, 2.75) is 39.3 Å². The molecule has 0 radical (unpaired) electrons. The molecule has 5 rings (SSSR count). The van der Waals surface area contributed by atoms with Crippen molar-refractivity contribution >= 4 is 23.2 Å². The first-order chi connectivity index (χ1) is 14.9. The van der Waals surface area contributed by atoms with Crippen molar-refractivity contribution in [3.63, 3.8) is 0 Å². The molecule has 0 amide bonds. The van der Waals surface area contributed by atoms with Gasteiger partial charge in [0.25, 0.3) is 0 Å². The largest absolute Gasteiger partial charge is 0.478 e. The predicted octanol–water partition coefficient (Wildman–Crippen LogP) is 6.01. The Morgan fingerprint density at radius 3 is 2.61 bits per heavy atom. The summed E-state index contributed by atoms with van der Waals surface area (Å²) in [5.74, 6) is 1.72. The third-order valence-corrected chi connectivity index (χ3v) is 6.58. The van der Waals surface area contributed by atoms with Gasteiger partial charge in [0.15, 0.2) is 5.76 Å². The number of ketones is 1. The lowest BCUT2D eigenvalue weighted by atomic mass is 9.86. The second-order valence-electron chi connectivity index (χ2n) is 9.07. The van der Waals surface area contributed by atoms with Crippen LogP contribution in [-0.2, 0) is 18.5 Å². The van der Waals surface area contributed by atoms with Gasteiger partial charge < -0.3 is 9.47 Å². The summed E-state index contributed by atoms with van der Waals surface area (Å²) in [6.45, 7) is 8.60. The Balaban J connectivity index is 1.40. The second-order valence-corrected chi connectivity index (χ2v) is 10.1. The summed E-state index contributed by atoms with van der Waals surface area (Å²) in [5.41, 5.74) is 3.86. The highest BCUT2D eigenvalue weighted by Gasteiger charge is 2.33. The van der Waals surface area contributed by atoms with Crippen LogP contribution < -0.4 is 9.47 Å².